The van der Waals surface area contributed by atoms with Crippen molar-refractivity contribution in [3.63, 3.8) is 0 Å². The maximum absolute atomic E-state index is 10.4. The monoisotopic (exact) mass is 416 g/mol. The first-order valence-electron chi connectivity index (χ1n) is 9.69. The van der Waals surface area contributed by atoms with Crippen LogP contribution in [0.1, 0.15) is 40.5 Å². The summed E-state index contributed by atoms with van der Waals surface area (Å²) in [6, 6.07) is 0. The molecule has 8 heteroatoms. The van der Waals surface area contributed by atoms with Gasteiger partial charge in [-0.15, -0.1) is 6.58 Å². The fraction of sp³-hybridized carbons (Fsp3) is 0.714. The van der Waals surface area contributed by atoms with E-state index in [2.05, 4.69) is 6.58 Å². The predicted octanol–water partition coefficient (Wildman–Crippen LogP) is 0.162. The molecule has 0 saturated carbocycles. The van der Waals surface area contributed by atoms with Crippen molar-refractivity contribution in [2.24, 2.45) is 0 Å². The van der Waals surface area contributed by atoms with Gasteiger partial charge in [0.25, 0.3) is 0 Å². The zero-order chi connectivity index (χ0) is 22.4. The summed E-state index contributed by atoms with van der Waals surface area (Å²) < 4.78 is 11.2. The van der Waals surface area contributed by atoms with Gasteiger partial charge in [-0.2, -0.15) is 0 Å². The van der Waals surface area contributed by atoms with E-state index in [0.717, 1.165) is 5.57 Å². The van der Waals surface area contributed by atoms with Crippen molar-refractivity contribution in [2.45, 2.75) is 88.5 Å². The summed E-state index contributed by atoms with van der Waals surface area (Å²) in [7, 11) is 0. The molecule has 7 unspecified atom stereocenters. The van der Waals surface area contributed by atoms with Crippen LogP contribution in [0.5, 0.6) is 0 Å². The van der Waals surface area contributed by atoms with Gasteiger partial charge in [0.15, 0.2) is 6.29 Å². The van der Waals surface area contributed by atoms with Gasteiger partial charge in [-0.05, 0) is 34.1 Å². The number of aliphatic hydroxyl groups excluding tert-OH is 4. The largest absolute Gasteiger partial charge is 0.394 e. The van der Waals surface area contributed by atoms with Gasteiger partial charge < -0.3 is 40.1 Å². The molecule has 0 spiro atoms. The third kappa shape index (κ3) is 8.65. The molecule has 1 saturated heterocycles. The fourth-order valence-electron chi connectivity index (χ4n) is 2.91. The Labute approximate surface area is 172 Å². The van der Waals surface area contributed by atoms with E-state index in [1.54, 1.807) is 32.9 Å². The highest BCUT2D eigenvalue weighted by molar-refractivity contribution is 5.11. The standard InChI is InChI=1S/C21H36O8/c1-6-21(5,27)11-14(10-13(2)8-7-9-20(3,4)26)28-19-18(25)17(24)16(23)15(12-22)29-19/h6-7,9-10,14-19,22-27H,1,8,11-12H2,2-5H3. The molecule has 1 aliphatic rings. The van der Waals surface area contributed by atoms with Crippen molar-refractivity contribution in [2.75, 3.05) is 6.61 Å². The molecule has 0 bridgehead atoms. The van der Waals surface area contributed by atoms with Gasteiger partial charge in [-0.25, -0.2) is 0 Å². The summed E-state index contributed by atoms with van der Waals surface area (Å²) >= 11 is 0. The molecule has 7 atom stereocenters. The third-order valence-electron chi connectivity index (χ3n) is 4.65. The van der Waals surface area contributed by atoms with Crippen molar-refractivity contribution >= 4 is 0 Å². The topological polar surface area (TPSA) is 140 Å². The Kier molecular flexibility index (Phi) is 9.65. The second-order valence-corrected chi connectivity index (χ2v) is 8.41. The van der Waals surface area contributed by atoms with Crippen LogP contribution in [0.15, 0.2) is 36.5 Å². The van der Waals surface area contributed by atoms with Gasteiger partial charge in [0.2, 0.25) is 0 Å². The Morgan fingerprint density at radius 1 is 1.14 bits per heavy atom. The lowest BCUT2D eigenvalue weighted by molar-refractivity contribution is -0.309. The predicted molar refractivity (Wildman–Crippen MR) is 108 cm³/mol. The molecule has 8 nitrogen and oxygen atoms in total. The summed E-state index contributed by atoms with van der Waals surface area (Å²) in [5, 5.41) is 59.5. The molecule has 1 aliphatic heterocycles. The van der Waals surface area contributed by atoms with Crippen molar-refractivity contribution in [1.29, 1.82) is 0 Å². The second kappa shape index (κ2) is 10.8. The van der Waals surface area contributed by atoms with E-state index in [-0.39, 0.29) is 6.42 Å². The van der Waals surface area contributed by atoms with Crippen molar-refractivity contribution in [1.82, 2.24) is 0 Å². The van der Waals surface area contributed by atoms with E-state index in [4.69, 9.17) is 9.47 Å². The van der Waals surface area contributed by atoms with Crippen LogP contribution in [-0.4, -0.2) is 85.3 Å². The summed E-state index contributed by atoms with van der Waals surface area (Å²) in [6.45, 7) is 9.77. The number of rotatable bonds is 10. The highest BCUT2D eigenvalue weighted by Gasteiger charge is 2.45. The number of hydrogen-bond acceptors (Lipinski definition) is 8. The lowest BCUT2D eigenvalue weighted by Gasteiger charge is -2.41. The van der Waals surface area contributed by atoms with Gasteiger partial charge in [0, 0.05) is 6.42 Å². The van der Waals surface area contributed by atoms with Crippen molar-refractivity contribution < 1.29 is 40.1 Å². The Morgan fingerprint density at radius 3 is 2.28 bits per heavy atom. The highest BCUT2D eigenvalue weighted by atomic mass is 16.7. The minimum Gasteiger partial charge on any atom is -0.394 e. The minimum absolute atomic E-state index is 0.0953. The Hall–Kier alpha value is -1.10. The molecule has 1 fully saturated rings. The molecule has 0 aliphatic carbocycles. The maximum atomic E-state index is 10.4. The Balaban J connectivity index is 2.98. The number of ether oxygens (including phenoxy) is 2. The van der Waals surface area contributed by atoms with E-state index >= 15 is 0 Å². The molecule has 0 radical (unpaired) electrons. The molecule has 1 rings (SSSR count). The van der Waals surface area contributed by atoms with Gasteiger partial charge >= 0.3 is 0 Å². The molecule has 0 aromatic rings. The zero-order valence-corrected chi connectivity index (χ0v) is 17.6. The maximum Gasteiger partial charge on any atom is 0.187 e. The first-order valence-corrected chi connectivity index (χ1v) is 9.69. The summed E-state index contributed by atoms with van der Waals surface area (Å²) in [6.07, 6.45) is -0.478. The van der Waals surface area contributed by atoms with Crippen LogP contribution < -0.4 is 0 Å². The Morgan fingerprint density at radius 2 is 1.76 bits per heavy atom. The quantitative estimate of drug-likeness (QED) is 0.277. The summed E-state index contributed by atoms with van der Waals surface area (Å²) in [5.74, 6) is 0. The van der Waals surface area contributed by atoms with E-state index in [9.17, 15) is 30.6 Å². The first-order chi connectivity index (χ1) is 13.3. The van der Waals surface area contributed by atoms with Gasteiger partial charge in [-0.3, -0.25) is 0 Å². The molecule has 6 N–H and O–H groups in total. The molecular formula is C21H36O8. The van der Waals surface area contributed by atoms with Crippen molar-refractivity contribution in [3.8, 4) is 0 Å². The van der Waals surface area contributed by atoms with Crippen LogP contribution in [0, 0.1) is 0 Å². The van der Waals surface area contributed by atoms with Crippen LogP contribution >= 0.6 is 0 Å². The highest BCUT2D eigenvalue weighted by Crippen LogP contribution is 2.26. The molecular weight excluding hydrogens is 380 g/mol. The molecule has 0 amide bonds. The van der Waals surface area contributed by atoms with Crippen LogP contribution in [0.25, 0.3) is 0 Å². The van der Waals surface area contributed by atoms with Crippen molar-refractivity contribution in [3.05, 3.63) is 36.5 Å². The summed E-state index contributed by atoms with van der Waals surface area (Å²) in [5.41, 5.74) is -1.32. The minimum atomic E-state index is -1.55. The van der Waals surface area contributed by atoms with E-state index in [1.807, 2.05) is 13.0 Å². The van der Waals surface area contributed by atoms with Crippen LogP contribution in [0.4, 0.5) is 0 Å². The average Bonchev–Trinajstić information content (AvgIpc) is 2.60. The van der Waals surface area contributed by atoms with Crippen LogP contribution in [0.3, 0.4) is 0 Å². The number of allylic oxidation sites excluding steroid dienone is 2. The van der Waals surface area contributed by atoms with Crippen LogP contribution in [-0.2, 0) is 9.47 Å². The number of hydrogen-bond donors (Lipinski definition) is 6. The normalized spacial score (nSPS) is 32.2. The first kappa shape index (κ1) is 25.9. The smallest absolute Gasteiger partial charge is 0.187 e. The third-order valence-corrected chi connectivity index (χ3v) is 4.65. The van der Waals surface area contributed by atoms with Gasteiger partial charge in [0.1, 0.15) is 24.4 Å². The van der Waals surface area contributed by atoms with E-state index in [1.165, 1.54) is 6.08 Å². The zero-order valence-electron chi connectivity index (χ0n) is 17.6. The lowest BCUT2D eigenvalue weighted by atomic mass is 9.96. The van der Waals surface area contributed by atoms with E-state index in [0.29, 0.717) is 6.42 Å². The summed E-state index contributed by atoms with van der Waals surface area (Å²) in [4.78, 5) is 0. The fourth-order valence-corrected chi connectivity index (χ4v) is 2.91. The molecule has 0 aromatic carbocycles. The number of aliphatic hydroxyl groups is 6. The lowest BCUT2D eigenvalue weighted by Crippen LogP contribution is -2.59. The van der Waals surface area contributed by atoms with E-state index < -0.39 is 54.6 Å². The van der Waals surface area contributed by atoms with Gasteiger partial charge in [-0.1, -0.05) is 29.9 Å². The molecule has 1 heterocycles. The SMILES string of the molecule is C=CC(C)(O)CC(C=C(C)CC=CC(C)(C)O)OC1OC(CO)C(O)C(O)C1O. The van der Waals surface area contributed by atoms with Gasteiger partial charge in [0.05, 0.1) is 23.9 Å². The molecule has 29 heavy (non-hydrogen) atoms. The Bertz CT molecular complexity index is 576. The molecule has 168 valence electrons. The average molecular weight is 417 g/mol. The molecule has 0 aromatic heterocycles. The second-order valence-electron chi connectivity index (χ2n) is 8.41. The van der Waals surface area contributed by atoms with Crippen LogP contribution in [0.2, 0.25) is 0 Å².